The van der Waals surface area contributed by atoms with Crippen molar-refractivity contribution in [3.05, 3.63) is 44.9 Å². The highest BCUT2D eigenvalue weighted by atomic mass is 35.5. The Morgan fingerprint density at radius 1 is 1.19 bits per heavy atom. The molecular weight excluding hydrogens is 405 g/mol. The fourth-order valence-corrected chi connectivity index (χ4v) is 4.56. The number of nitrogens with zero attached hydrogens (tertiary/aromatic N) is 2. The number of carbonyl (C=O) groups is 2. The van der Waals surface area contributed by atoms with E-state index in [1.54, 1.807) is 23.1 Å². The summed E-state index contributed by atoms with van der Waals surface area (Å²) < 4.78 is 0. The molecule has 8 heteroatoms. The number of hydrogen-bond acceptors (Lipinski definition) is 4. The molecule has 1 heterocycles. The quantitative estimate of drug-likeness (QED) is 0.718. The summed E-state index contributed by atoms with van der Waals surface area (Å²) in [6.07, 6.45) is 5.05. The standard InChI is InChI=1S/C19H21Cl2N3O2S/c1-12-11-27-19(22-12)23-17(25)10-24(16-5-3-2-4-6-16)18(26)13-7-14(20)9-15(21)8-13/h7-9,11,16H,2-6,10H2,1H3,(H,22,23,25). The Morgan fingerprint density at radius 3 is 2.44 bits per heavy atom. The maximum atomic E-state index is 13.2. The van der Waals surface area contributed by atoms with Gasteiger partial charge in [-0.2, -0.15) is 0 Å². The van der Waals surface area contributed by atoms with E-state index in [0.29, 0.717) is 20.7 Å². The molecule has 1 aliphatic carbocycles. The highest BCUT2D eigenvalue weighted by Crippen LogP contribution is 2.26. The van der Waals surface area contributed by atoms with Crippen molar-refractivity contribution in [3.8, 4) is 0 Å². The van der Waals surface area contributed by atoms with E-state index in [1.807, 2.05) is 12.3 Å². The van der Waals surface area contributed by atoms with Crippen molar-refractivity contribution in [3.63, 3.8) is 0 Å². The number of rotatable bonds is 5. The number of nitrogens with one attached hydrogen (secondary N) is 1. The number of aryl methyl sites for hydroxylation is 1. The highest BCUT2D eigenvalue weighted by molar-refractivity contribution is 7.13. The van der Waals surface area contributed by atoms with Gasteiger partial charge in [-0.05, 0) is 38.0 Å². The number of hydrogen-bond donors (Lipinski definition) is 1. The number of thiazole rings is 1. The molecule has 5 nitrogen and oxygen atoms in total. The summed E-state index contributed by atoms with van der Waals surface area (Å²) in [6, 6.07) is 4.80. The molecule has 0 saturated heterocycles. The van der Waals surface area contributed by atoms with Crippen LogP contribution in [0.15, 0.2) is 23.6 Å². The lowest BCUT2D eigenvalue weighted by molar-refractivity contribution is -0.117. The van der Waals surface area contributed by atoms with Gasteiger partial charge in [0, 0.05) is 27.0 Å². The molecule has 2 aromatic rings. The lowest BCUT2D eigenvalue weighted by Crippen LogP contribution is -2.45. The number of anilines is 1. The Kier molecular flexibility index (Phi) is 6.73. The molecule has 2 amide bonds. The fourth-order valence-electron chi connectivity index (χ4n) is 3.33. The number of carbonyl (C=O) groups excluding carboxylic acids is 2. The summed E-state index contributed by atoms with van der Waals surface area (Å²) in [4.78, 5) is 31.6. The molecule has 3 rings (SSSR count). The van der Waals surface area contributed by atoms with E-state index in [9.17, 15) is 9.59 Å². The van der Waals surface area contributed by atoms with Gasteiger partial charge in [-0.15, -0.1) is 11.3 Å². The van der Waals surface area contributed by atoms with E-state index < -0.39 is 0 Å². The lowest BCUT2D eigenvalue weighted by Gasteiger charge is -2.34. The van der Waals surface area contributed by atoms with Crippen molar-refractivity contribution >= 4 is 51.5 Å². The normalized spacial score (nSPS) is 14.8. The van der Waals surface area contributed by atoms with Crippen LogP contribution in [0.1, 0.15) is 48.2 Å². The first kappa shape index (κ1) is 20.1. The van der Waals surface area contributed by atoms with Crippen molar-refractivity contribution < 1.29 is 9.59 Å². The first-order valence-electron chi connectivity index (χ1n) is 8.91. The van der Waals surface area contributed by atoms with Crippen LogP contribution < -0.4 is 5.32 Å². The van der Waals surface area contributed by atoms with E-state index in [0.717, 1.165) is 37.8 Å². The van der Waals surface area contributed by atoms with E-state index in [1.165, 1.54) is 11.3 Å². The molecule has 0 spiro atoms. The second-order valence-corrected chi connectivity index (χ2v) is 8.46. The van der Waals surface area contributed by atoms with Crippen LogP contribution in [0.5, 0.6) is 0 Å². The van der Waals surface area contributed by atoms with E-state index in [2.05, 4.69) is 10.3 Å². The average molecular weight is 426 g/mol. The predicted molar refractivity (Wildman–Crippen MR) is 110 cm³/mol. The molecule has 0 bridgehead atoms. The van der Waals surface area contributed by atoms with E-state index in [-0.39, 0.29) is 24.4 Å². The third kappa shape index (κ3) is 5.43. The third-order valence-corrected chi connectivity index (χ3v) is 5.88. The molecule has 0 aliphatic heterocycles. The van der Waals surface area contributed by atoms with Gasteiger partial charge in [0.15, 0.2) is 5.13 Å². The van der Waals surface area contributed by atoms with Crippen molar-refractivity contribution in [2.24, 2.45) is 0 Å². The van der Waals surface area contributed by atoms with Crippen LogP contribution in [0, 0.1) is 6.92 Å². The zero-order valence-electron chi connectivity index (χ0n) is 15.0. The molecule has 144 valence electrons. The van der Waals surface area contributed by atoms with Crippen molar-refractivity contribution in [1.29, 1.82) is 0 Å². The minimum Gasteiger partial charge on any atom is -0.326 e. The largest absolute Gasteiger partial charge is 0.326 e. The van der Waals surface area contributed by atoms with Gasteiger partial charge >= 0.3 is 0 Å². The van der Waals surface area contributed by atoms with Gasteiger partial charge in [-0.25, -0.2) is 4.98 Å². The SMILES string of the molecule is Cc1csc(NC(=O)CN(C(=O)c2cc(Cl)cc(Cl)c2)C2CCCCC2)n1. The van der Waals surface area contributed by atoms with Crippen LogP contribution >= 0.6 is 34.5 Å². The van der Waals surface area contributed by atoms with Crippen LogP contribution in [0.3, 0.4) is 0 Å². The highest BCUT2D eigenvalue weighted by Gasteiger charge is 2.28. The molecule has 1 fully saturated rings. The summed E-state index contributed by atoms with van der Waals surface area (Å²) >= 11 is 13.5. The minimum absolute atomic E-state index is 0.0216. The molecular formula is C19H21Cl2N3O2S. The first-order chi connectivity index (χ1) is 12.9. The van der Waals surface area contributed by atoms with Gasteiger partial charge in [0.05, 0.1) is 5.69 Å². The lowest BCUT2D eigenvalue weighted by atomic mass is 9.93. The molecule has 0 radical (unpaired) electrons. The second kappa shape index (κ2) is 9.04. The zero-order chi connectivity index (χ0) is 19.4. The topological polar surface area (TPSA) is 62.3 Å². The van der Waals surface area contributed by atoms with Gasteiger partial charge in [-0.1, -0.05) is 42.5 Å². The van der Waals surface area contributed by atoms with Gasteiger partial charge in [0.2, 0.25) is 5.91 Å². The van der Waals surface area contributed by atoms with Gasteiger partial charge in [-0.3, -0.25) is 9.59 Å². The summed E-state index contributed by atoms with van der Waals surface area (Å²) in [6.45, 7) is 1.85. The summed E-state index contributed by atoms with van der Waals surface area (Å²) in [5.41, 5.74) is 1.25. The smallest absolute Gasteiger partial charge is 0.254 e. The molecule has 0 unspecified atom stereocenters. The average Bonchev–Trinajstić information content (AvgIpc) is 3.03. The molecule has 0 atom stereocenters. The van der Waals surface area contributed by atoms with Crippen LogP contribution in [-0.4, -0.2) is 34.3 Å². The molecule has 1 saturated carbocycles. The molecule has 1 N–H and O–H groups in total. The van der Waals surface area contributed by atoms with Gasteiger partial charge in [0.25, 0.3) is 5.91 Å². The van der Waals surface area contributed by atoms with Crippen molar-refractivity contribution in [2.75, 3.05) is 11.9 Å². The number of halogens is 2. The maximum Gasteiger partial charge on any atom is 0.254 e. The summed E-state index contributed by atoms with van der Waals surface area (Å²) in [5, 5.41) is 5.99. The van der Waals surface area contributed by atoms with Gasteiger partial charge < -0.3 is 10.2 Å². The van der Waals surface area contributed by atoms with E-state index >= 15 is 0 Å². The first-order valence-corrected chi connectivity index (χ1v) is 10.5. The Bertz CT molecular complexity index is 814. The molecule has 1 aliphatic rings. The molecule has 27 heavy (non-hydrogen) atoms. The van der Waals surface area contributed by atoms with Crippen molar-refractivity contribution in [1.82, 2.24) is 9.88 Å². The summed E-state index contributed by atoms with van der Waals surface area (Å²) in [7, 11) is 0. The molecule has 1 aromatic heterocycles. The van der Waals surface area contributed by atoms with Crippen molar-refractivity contribution in [2.45, 2.75) is 45.1 Å². The molecule has 1 aromatic carbocycles. The number of amides is 2. The van der Waals surface area contributed by atoms with Gasteiger partial charge in [0.1, 0.15) is 6.54 Å². The van der Waals surface area contributed by atoms with Crippen LogP contribution in [0.25, 0.3) is 0 Å². The Morgan fingerprint density at radius 2 is 1.85 bits per heavy atom. The second-order valence-electron chi connectivity index (χ2n) is 6.73. The fraction of sp³-hybridized carbons (Fsp3) is 0.421. The monoisotopic (exact) mass is 425 g/mol. The van der Waals surface area contributed by atoms with Crippen LogP contribution in [-0.2, 0) is 4.79 Å². The third-order valence-electron chi connectivity index (χ3n) is 4.57. The Hall–Kier alpha value is -1.63. The zero-order valence-corrected chi connectivity index (χ0v) is 17.3. The summed E-state index contributed by atoms with van der Waals surface area (Å²) in [5.74, 6) is -0.479. The van der Waals surface area contributed by atoms with Crippen LogP contribution in [0.4, 0.5) is 5.13 Å². The predicted octanol–water partition coefficient (Wildman–Crippen LogP) is 5.17. The Balaban J connectivity index is 1.79. The Labute approximate surface area is 172 Å². The number of benzene rings is 1. The van der Waals surface area contributed by atoms with Crippen LogP contribution in [0.2, 0.25) is 10.0 Å². The maximum absolute atomic E-state index is 13.2. The van der Waals surface area contributed by atoms with E-state index in [4.69, 9.17) is 23.2 Å². The minimum atomic E-state index is -0.253. The number of aromatic nitrogens is 1.